The summed E-state index contributed by atoms with van der Waals surface area (Å²) in [5.41, 5.74) is 2.54. The predicted molar refractivity (Wildman–Crippen MR) is 70.1 cm³/mol. The lowest BCUT2D eigenvalue weighted by Gasteiger charge is -2.24. The van der Waals surface area contributed by atoms with E-state index in [0.29, 0.717) is 5.65 Å². The van der Waals surface area contributed by atoms with E-state index in [9.17, 15) is 0 Å². The van der Waals surface area contributed by atoms with Gasteiger partial charge >= 0.3 is 0 Å². The maximum Gasteiger partial charge on any atom is 0.178 e. The van der Waals surface area contributed by atoms with E-state index in [1.54, 1.807) is 12.4 Å². The van der Waals surface area contributed by atoms with Gasteiger partial charge in [0.2, 0.25) is 0 Å². The van der Waals surface area contributed by atoms with E-state index in [-0.39, 0.29) is 10.8 Å². The van der Waals surface area contributed by atoms with Gasteiger partial charge in [0.05, 0.1) is 0 Å². The summed E-state index contributed by atoms with van der Waals surface area (Å²) in [5.74, 6) is 0. The molecule has 1 atom stereocenters. The number of pyridine rings is 1. The van der Waals surface area contributed by atoms with Gasteiger partial charge in [-0.2, -0.15) is 0 Å². The average Bonchev–Trinajstić information content (AvgIpc) is 2.27. The second kappa shape index (κ2) is 4.57. The van der Waals surface area contributed by atoms with E-state index >= 15 is 0 Å². The van der Waals surface area contributed by atoms with Gasteiger partial charge in [0.1, 0.15) is 5.52 Å². The highest BCUT2D eigenvalue weighted by Gasteiger charge is 2.22. The molecule has 2 rings (SSSR count). The van der Waals surface area contributed by atoms with Crippen molar-refractivity contribution in [1.82, 2.24) is 15.0 Å². The molecular formula is C13H16ClN3. The minimum Gasteiger partial charge on any atom is -0.251 e. The lowest BCUT2D eigenvalue weighted by atomic mass is 9.89. The minimum absolute atomic E-state index is 0.0594. The molecular weight excluding hydrogens is 234 g/mol. The third-order valence-corrected chi connectivity index (χ3v) is 3.53. The zero-order valence-electron chi connectivity index (χ0n) is 10.3. The Morgan fingerprint density at radius 2 is 1.88 bits per heavy atom. The Morgan fingerprint density at radius 1 is 1.18 bits per heavy atom. The number of halogens is 1. The van der Waals surface area contributed by atoms with Gasteiger partial charge in [0.25, 0.3) is 0 Å². The van der Waals surface area contributed by atoms with Crippen molar-refractivity contribution in [3.05, 3.63) is 30.2 Å². The molecule has 4 heteroatoms. The molecule has 0 radical (unpaired) electrons. The van der Waals surface area contributed by atoms with Crippen LogP contribution in [-0.2, 0) is 6.42 Å². The Bertz CT molecular complexity index is 519. The molecule has 0 bridgehead atoms. The predicted octanol–water partition coefficient (Wildman–Crippen LogP) is 3.22. The fraction of sp³-hybridized carbons (Fsp3) is 0.462. The molecule has 2 heterocycles. The maximum atomic E-state index is 6.37. The number of rotatable bonds is 2. The normalized spacial score (nSPS) is 13.9. The van der Waals surface area contributed by atoms with Crippen LogP contribution < -0.4 is 0 Å². The first kappa shape index (κ1) is 12.2. The van der Waals surface area contributed by atoms with Gasteiger partial charge in [0.15, 0.2) is 5.65 Å². The fourth-order valence-electron chi connectivity index (χ4n) is 1.50. The zero-order valence-corrected chi connectivity index (χ0v) is 11.1. The summed E-state index contributed by atoms with van der Waals surface area (Å²) in [7, 11) is 0. The van der Waals surface area contributed by atoms with Gasteiger partial charge in [-0.15, -0.1) is 11.6 Å². The molecule has 0 aromatic carbocycles. The quantitative estimate of drug-likeness (QED) is 0.767. The number of hydrogen-bond acceptors (Lipinski definition) is 3. The number of nitrogens with zero attached hydrogens (tertiary/aromatic N) is 3. The van der Waals surface area contributed by atoms with E-state index in [1.165, 1.54) is 0 Å². The first-order valence-corrected chi connectivity index (χ1v) is 6.11. The van der Waals surface area contributed by atoms with Crippen LogP contribution in [0.15, 0.2) is 24.5 Å². The Balaban J connectivity index is 2.25. The van der Waals surface area contributed by atoms with Crippen LogP contribution in [0.25, 0.3) is 11.2 Å². The Hall–Kier alpha value is -1.22. The van der Waals surface area contributed by atoms with Gasteiger partial charge in [0, 0.05) is 29.9 Å². The molecule has 17 heavy (non-hydrogen) atoms. The summed E-state index contributed by atoms with van der Waals surface area (Å²) in [6.07, 6.45) is 4.07. The van der Waals surface area contributed by atoms with Crippen molar-refractivity contribution in [1.29, 1.82) is 0 Å². The van der Waals surface area contributed by atoms with Crippen LogP contribution in [-0.4, -0.2) is 20.3 Å². The van der Waals surface area contributed by atoms with Gasteiger partial charge in [-0.25, -0.2) is 9.97 Å². The first-order valence-electron chi connectivity index (χ1n) is 5.67. The second-order valence-electron chi connectivity index (χ2n) is 5.24. The summed E-state index contributed by atoms with van der Waals surface area (Å²) >= 11 is 6.37. The fourth-order valence-corrected chi connectivity index (χ4v) is 1.66. The number of aromatic nitrogens is 3. The summed E-state index contributed by atoms with van der Waals surface area (Å²) in [6.45, 7) is 6.39. The second-order valence-corrected chi connectivity index (χ2v) is 5.77. The van der Waals surface area contributed by atoms with Gasteiger partial charge in [-0.3, -0.25) is 4.98 Å². The zero-order chi connectivity index (χ0) is 12.5. The van der Waals surface area contributed by atoms with Crippen LogP contribution in [0.4, 0.5) is 0 Å². The Morgan fingerprint density at radius 3 is 2.59 bits per heavy atom. The van der Waals surface area contributed by atoms with Crippen LogP contribution in [0.5, 0.6) is 0 Å². The number of alkyl halides is 1. The minimum atomic E-state index is 0.0594. The van der Waals surface area contributed by atoms with Crippen molar-refractivity contribution in [2.75, 3.05) is 0 Å². The highest BCUT2D eigenvalue weighted by atomic mass is 35.5. The van der Waals surface area contributed by atoms with Gasteiger partial charge in [-0.1, -0.05) is 20.8 Å². The Labute approximate surface area is 106 Å². The largest absolute Gasteiger partial charge is 0.251 e. The van der Waals surface area contributed by atoms with Crippen molar-refractivity contribution in [2.45, 2.75) is 32.6 Å². The average molecular weight is 250 g/mol. The summed E-state index contributed by atoms with van der Waals surface area (Å²) in [4.78, 5) is 12.9. The van der Waals surface area contributed by atoms with Crippen molar-refractivity contribution < 1.29 is 0 Å². The van der Waals surface area contributed by atoms with E-state index < -0.39 is 0 Å². The van der Waals surface area contributed by atoms with Crippen LogP contribution in [0, 0.1) is 5.41 Å². The molecule has 0 aliphatic rings. The Kier molecular flexibility index (Phi) is 3.29. The smallest absolute Gasteiger partial charge is 0.178 e. The lowest BCUT2D eigenvalue weighted by molar-refractivity contribution is 0.385. The molecule has 0 saturated heterocycles. The maximum absolute atomic E-state index is 6.37. The van der Waals surface area contributed by atoms with Crippen molar-refractivity contribution in [2.24, 2.45) is 5.41 Å². The molecule has 90 valence electrons. The number of fused-ring (bicyclic) bond motifs is 1. The molecule has 0 N–H and O–H groups in total. The summed E-state index contributed by atoms with van der Waals surface area (Å²) in [6, 6.07) is 3.91. The van der Waals surface area contributed by atoms with Gasteiger partial charge < -0.3 is 0 Å². The van der Waals surface area contributed by atoms with E-state index in [1.807, 2.05) is 12.1 Å². The van der Waals surface area contributed by atoms with Crippen molar-refractivity contribution in [3.63, 3.8) is 0 Å². The molecule has 1 unspecified atom stereocenters. The molecule has 0 fully saturated rings. The molecule has 0 aliphatic heterocycles. The van der Waals surface area contributed by atoms with Gasteiger partial charge in [-0.05, 0) is 17.5 Å². The first-order chi connectivity index (χ1) is 7.97. The monoisotopic (exact) mass is 249 g/mol. The summed E-state index contributed by atoms with van der Waals surface area (Å²) in [5, 5.41) is 0.0594. The van der Waals surface area contributed by atoms with Crippen LogP contribution >= 0.6 is 11.6 Å². The highest BCUT2D eigenvalue weighted by molar-refractivity contribution is 6.21. The van der Waals surface area contributed by atoms with E-state index in [2.05, 4.69) is 35.7 Å². The molecule has 0 saturated carbocycles. The standard InChI is InChI=1S/C13H16ClN3/c1-13(2,3)11(14)8-9-4-5-10-12(17-9)16-7-6-15-10/h4-7,11H,8H2,1-3H3. The SMILES string of the molecule is CC(C)(C)C(Cl)Cc1ccc2nccnc2n1. The molecule has 0 amide bonds. The molecule has 3 nitrogen and oxygen atoms in total. The van der Waals surface area contributed by atoms with E-state index in [4.69, 9.17) is 11.6 Å². The third kappa shape index (κ3) is 2.91. The summed E-state index contributed by atoms with van der Waals surface area (Å²) < 4.78 is 0. The highest BCUT2D eigenvalue weighted by Crippen LogP contribution is 2.27. The van der Waals surface area contributed by atoms with Crippen molar-refractivity contribution >= 4 is 22.8 Å². The van der Waals surface area contributed by atoms with Crippen LogP contribution in [0.2, 0.25) is 0 Å². The molecule has 0 aliphatic carbocycles. The van der Waals surface area contributed by atoms with Crippen molar-refractivity contribution in [3.8, 4) is 0 Å². The molecule has 2 aromatic rings. The van der Waals surface area contributed by atoms with Crippen LogP contribution in [0.1, 0.15) is 26.5 Å². The van der Waals surface area contributed by atoms with Crippen LogP contribution in [0.3, 0.4) is 0 Å². The molecule has 0 spiro atoms. The number of hydrogen-bond donors (Lipinski definition) is 0. The third-order valence-electron chi connectivity index (χ3n) is 2.72. The van der Waals surface area contributed by atoms with E-state index in [0.717, 1.165) is 17.6 Å². The lowest BCUT2D eigenvalue weighted by Crippen LogP contribution is -2.23. The molecule has 2 aromatic heterocycles. The topological polar surface area (TPSA) is 38.7 Å².